The van der Waals surface area contributed by atoms with E-state index in [0.29, 0.717) is 0 Å². The number of rotatable bonds is 3. The van der Waals surface area contributed by atoms with Crippen LogP contribution < -0.4 is 5.32 Å². The van der Waals surface area contributed by atoms with Crippen molar-refractivity contribution in [3.8, 4) is 0 Å². The molecule has 0 spiro atoms. The molecule has 4 unspecified atom stereocenters. The van der Waals surface area contributed by atoms with Crippen molar-refractivity contribution in [2.45, 2.75) is 70.0 Å². The van der Waals surface area contributed by atoms with E-state index in [4.69, 9.17) is 0 Å². The summed E-state index contributed by atoms with van der Waals surface area (Å²) in [7, 11) is 2.16. The largest absolute Gasteiger partial charge is 0.315 e. The molecule has 20 heavy (non-hydrogen) atoms. The van der Waals surface area contributed by atoms with Crippen molar-refractivity contribution >= 4 is 0 Å². The van der Waals surface area contributed by atoms with E-state index >= 15 is 0 Å². The second-order valence-electron chi connectivity index (χ2n) is 7.41. The first kappa shape index (κ1) is 14.8. The summed E-state index contributed by atoms with van der Waals surface area (Å²) < 4.78 is 0. The van der Waals surface area contributed by atoms with Gasteiger partial charge >= 0.3 is 0 Å². The number of nitrogens with zero attached hydrogens (tertiary/aromatic N) is 2. The molecular formula is C17H33N3. The Morgan fingerprint density at radius 2 is 1.70 bits per heavy atom. The van der Waals surface area contributed by atoms with Gasteiger partial charge in [0.25, 0.3) is 0 Å². The predicted octanol–water partition coefficient (Wildman–Crippen LogP) is 2.32. The first-order valence-electron chi connectivity index (χ1n) is 8.93. The fourth-order valence-electron chi connectivity index (χ4n) is 4.74. The molecule has 0 amide bonds. The Labute approximate surface area is 125 Å². The average molecular weight is 279 g/mol. The quantitative estimate of drug-likeness (QED) is 0.855. The third kappa shape index (κ3) is 3.20. The predicted molar refractivity (Wildman–Crippen MR) is 85.1 cm³/mol. The molecule has 2 saturated heterocycles. The Morgan fingerprint density at radius 1 is 0.900 bits per heavy atom. The van der Waals surface area contributed by atoms with Gasteiger partial charge in [-0.3, -0.25) is 9.80 Å². The Kier molecular flexibility index (Phi) is 5.00. The lowest BCUT2D eigenvalue weighted by Gasteiger charge is -2.41. The molecule has 0 bridgehead atoms. The van der Waals surface area contributed by atoms with E-state index in [0.717, 1.165) is 24.0 Å². The summed E-state index contributed by atoms with van der Waals surface area (Å²) in [6.45, 7) is 7.81. The summed E-state index contributed by atoms with van der Waals surface area (Å²) >= 11 is 0. The van der Waals surface area contributed by atoms with E-state index in [9.17, 15) is 0 Å². The Hall–Kier alpha value is -0.120. The standard InChI is InChI=1S/C17H33N3/c1-14-6-7-16(18-2)17(12-14)20-11-8-15(13-20)19-9-4-3-5-10-19/h14-18H,3-13H2,1-2H3. The third-order valence-corrected chi connectivity index (χ3v) is 6.02. The number of likely N-dealkylation sites (tertiary alicyclic amines) is 2. The summed E-state index contributed by atoms with van der Waals surface area (Å²) in [5.74, 6) is 0.915. The Morgan fingerprint density at radius 3 is 2.45 bits per heavy atom. The van der Waals surface area contributed by atoms with Crippen LogP contribution in [-0.4, -0.2) is 61.2 Å². The molecule has 1 N–H and O–H groups in total. The van der Waals surface area contributed by atoms with Gasteiger partial charge in [0.15, 0.2) is 0 Å². The van der Waals surface area contributed by atoms with Crippen molar-refractivity contribution < 1.29 is 0 Å². The minimum absolute atomic E-state index is 0.728. The summed E-state index contributed by atoms with van der Waals surface area (Å²) in [6.07, 6.45) is 9.89. The van der Waals surface area contributed by atoms with Crippen LogP contribution in [0.2, 0.25) is 0 Å². The van der Waals surface area contributed by atoms with Gasteiger partial charge in [-0.25, -0.2) is 0 Å². The minimum atomic E-state index is 0.728. The van der Waals surface area contributed by atoms with E-state index in [2.05, 4.69) is 29.1 Å². The summed E-state index contributed by atoms with van der Waals surface area (Å²) in [6, 6.07) is 2.37. The van der Waals surface area contributed by atoms with Gasteiger partial charge < -0.3 is 5.32 Å². The van der Waals surface area contributed by atoms with E-state index in [1.807, 2.05) is 0 Å². The molecular weight excluding hydrogens is 246 g/mol. The van der Waals surface area contributed by atoms with Crippen LogP contribution in [0, 0.1) is 5.92 Å². The highest BCUT2D eigenvalue weighted by molar-refractivity contribution is 4.95. The lowest BCUT2D eigenvalue weighted by Crippen LogP contribution is -2.52. The molecule has 2 aliphatic heterocycles. The molecule has 1 saturated carbocycles. The van der Waals surface area contributed by atoms with E-state index < -0.39 is 0 Å². The van der Waals surface area contributed by atoms with Crippen molar-refractivity contribution in [1.82, 2.24) is 15.1 Å². The van der Waals surface area contributed by atoms with Crippen LogP contribution in [0.1, 0.15) is 51.9 Å². The first-order valence-corrected chi connectivity index (χ1v) is 8.93. The molecule has 3 fully saturated rings. The van der Waals surface area contributed by atoms with Crippen molar-refractivity contribution in [1.29, 1.82) is 0 Å². The normalized spacial score (nSPS) is 41.1. The lowest BCUT2D eigenvalue weighted by molar-refractivity contribution is 0.108. The van der Waals surface area contributed by atoms with Crippen LogP contribution in [0.15, 0.2) is 0 Å². The lowest BCUT2D eigenvalue weighted by atomic mass is 9.82. The molecule has 0 aromatic rings. The SMILES string of the molecule is CNC1CCC(C)CC1N1CCC(N2CCCCC2)C1. The summed E-state index contributed by atoms with van der Waals surface area (Å²) in [4.78, 5) is 5.60. The van der Waals surface area contributed by atoms with Crippen LogP contribution in [0.25, 0.3) is 0 Å². The van der Waals surface area contributed by atoms with Gasteiger partial charge in [0, 0.05) is 31.2 Å². The van der Waals surface area contributed by atoms with Crippen LogP contribution >= 0.6 is 0 Å². The zero-order valence-corrected chi connectivity index (χ0v) is 13.5. The smallest absolute Gasteiger partial charge is 0.0252 e. The number of likely N-dealkylation sites (N-methyl/N-ethyl adjacent to an activating group) is 1. The van der Waals surface area contributed by atoms with Gasteiger partial charge in [0.1, 0.15) is 0 Å². The molecule has 0 aromatic carbocycles. The molecule has 1 aliphatic carbocycles. The molecule has 0 aromatic heterocycles. The minimum Gasteiger partial charge on any atom is -0.315 e. The molecule has 3 nitrogen and oxygen atoms in total. The van der Waals surface area contributed by atoms with Crippen LogP contribution in [0.3, 0.4) is 0 Å². The zero-order valence-electron chi connectivity index (χ0n) is 13.5. The van der Waals surface area contributed by atoms with Crippen LogP contribution in [0.5, 0.6) is 0 Å². The van der Waals surface area contributed by atoms with Gasteiger partial charge in [-0.1, -0.05) is 13.3 Å². The van der Waals surface area contributed by atoms with Gasteiger partial charge in [-0.15, -0.1) is 0 Å². The highest BCUT2D eigenvalue weighted by Crippen LogP contribution is 2.31. The van der Waals surface area contributed by atoms with Crippen molar-refractivity contribution in [3.63, 3.8) is 0 Å². The van der Waals surface area contributed by atoms with Crippen molar-refractivity contribution in [2.75, 3.05) is 33.2 Å². The summed E-state index contributed by atoms with van der Waals surface area (Å²) in [5, 5.41) is 3.59. The molecule has 4 atom stereocenters. The van der Waals surface area contributed by atoms with E-state index in [1.165, 1.54) is 71.1 Å². The third-order valence-electron chi connectivity index (χ3n) is 6.02. The van der Waals surface area contributed by atoms with Crippen LogP contribution in [0.4, 0.5) is 0 Å². The fraction of sp³-hybridized carbons (Fsp3) is 1.00. The number of piperidine rings is 1. The van der Waals surface area contributed by atoms with Gasteiger partial charge in [-0.05, 0) is 64.6 Å². The number of hydrogen-bond donors (Lipinski definition) is 1. The molecule has 3 heteroatoms. The Bertz CT molecular complexity index is 301. The van der Waals surface area contributed by atoms with E-state index in [-0.39, 0.29) is 0 Å². The summed E-state index contributed by atoms with van der Waals surface area (Å²) in [5.41, 5.74) is 0. The van der Waals surface area contributed by atoms with Gasteiger partial charge in [-0.2, -0.15) is 0 Å². The monoisotopic (exact) mass is 279 g/mol. The number of nitrogens with one attached hydrogen (secondary N) is 1. The molecule has 3 rings (SSSR count). The zero-order chi connectivity index (χ0) is 13.9. The first-order chi connectivity index (χ1) is 9.78. The molecule has 0 radical (unpaired) electrons. The maximum atomic E-state index is 3.59. The maximum Gasteiger partial charge on any atom is 0.0252 e. The highest BCUT2D eigenvalue weighted by Gasteiger charge is 2.37. The molecule has 2 heterocycles. The maximum absolute atomic E-state index is 3.59. The van der Waals surface area contributed by atoms with Crippen molar-refractivity contribution in [2.24, 2.45) is 5.92 Å². The van der Waals surface area contributed by atoms with Gasteiger partial charge in [0.2, 0.25) is 0 Å². The molecule has 3 aliphatic rings. The Balaban J connectivity index is 1.57. The highest BCUT2D eigenvalue weighted by atomic mass is 15.3. The van der Waals surface area contributed by atoms with Gasteiger partial charge in [0.05, 0.1) is 0 Å². The molecule has 116 valence electrons. The second kappa shape index (κ2) is 6.76. The fourth-order valence-corrected chi connectivity index (χ4v) is 4.74. The van der Waals surface area contributed by atoms with Crippen LogP contribution in [-0.2, 0) is 0 Å². The number of hydrogen-bond acceptors (Lipinski definition) is 3. The second-order valence-corrected chi connectivity index (χ2v) is 7.41. The average Bonchev–Trinajstić information content (AvgIpc) is 2.98. The topological polar surface area (TPSA) is 18.5 Å². The van der Waals surface area contributed by atoms with Crippen molar-refractivity contribution in [3.05, 3.63) is 0 Å². The van der Waals surface area contributed by atoms with E-state index in [1.54, 1.807) is 0 Å².